The van der Waals surface area contributed by atoms with Gasteiger partial charge >= 0.3 is 5.97 Å². The van der Waals surface area contributed by atoms with Gasteiger partial charge in [0.05, 0.1) is 42.8 Å². The monoisotopic (exact) mass is 594 g/mol. The molecule has 0 bridgehead atoms. The van der Waals surface area contributed by atoms with Gasteiger partial charge in [-0.05, 0) is 55.0 Å². The molecule has 2 heterocycles. The van der Waals surface area contributed by atoms with Crippen LogP contribution in [0.5, 0.6) is 5.75 Å². The smallest absolute Gasteiger partial charge is 0.316 e. The van der Waals surface area contributed by atoms with Gasteiger partial charge in [-0.3, -0.25) is 19.2 Å². The Labute approximate surface area is 235 Å². The fourth-order valence-corrected chi connectivity index (χ4v) is 5.46. The highest BCUT2D eigenvalue weighted by Gasteiger charge is 2.43. The maximum absolute atomic E-state index is 13.2. The van der Waals surface area contributed by atoms with Crippen molar-refractivity contribution in [3.05, 3.63) is 85.1 Å². The molecule has 7 nitrogen and oxygen atoms in total. The predicted octanol–water partition coefficient (Wildman–Crippen LogP) is 6.51. The molecule has 0 unspecified atom stereocenters. The summed E-state index contributed by atoms with van der Waals surface area (Å²) >= 11 is 24.5. The second-order valence-corrected chi connectivity index (χ2v) is 10.2. The Bertz CT molecular complexity index is 1510. The van der Waals surface area contributed by atoms with E-state index in [4.69, 9.17) is 51.1 Å². The Hall–Kier alpha value is -3.17. The average molecular weight is 596 g/mol. The van der Waals surface area contributed by atoms with Gasteiger partial charge in [0.15, 0.2) is 0 Å². The number of carbonyl (C=O) groups is 4. The van der Waals surface area contributed by atoms with E-state index < -0.39 is 29.5 Å². The molecule has 194 valence electrons. The second kappa shape index (κ2) is 9.85. The van der Waals surface area contributed by atoms with Crippen LogP contribution in [0.4, 0.5) is 15.8 Å². The summed E-state index contributed by atoms with van der Waals surface area (Å²) in [5.74, 6) is -3.38. The predicted molar refractivity (Wildman–Crippen MR) is 141 cm³/mol. The van der Waals surface area contributed by atoms with Crippen molar-refractivity contribution in [2.24, 2.45) is 5.92 Å². The molecule has 0 aliphatic carbocycles. The van der Waals surface area contributed by atoms with Gasteiger partial charge in [-0.2, -0.15) is 0 Å². The molecule has 3 aromatic carbocycles. The normalized spacial score (nSPS) is 16.9. The SMILES string of the molecule is Cc1cc(OC(=O)[C@@H]2CC(=O)N(c3ccc(F)cc3)C2)ccc1N1C(=O)c2c(Cl)c(Cl)c(Cl)c(Cl)c2C1=O. The Kier molecular flexibility index (Phi) is 6.86. The van der Waals surface area contributed by atoms with Crippen molar-refractivity contribution in [1.82, 2.24) is 0 Å². The summed E-state index contributed by atoms with van der Waals surface area (Å²) in [5, 5.41) is -0.633. The minimum atomic E-state index is -0.734. The lowest BCUT2D eigenvalue weighted by atomic mass is 10.1. The number of aryl methyl sites for hydroxylation is 1. The Morgan fingerprint density at radius 2 is 1.47 bits per heavy atom. The molecule has 1 saturated heterocycles. The molecule has 1 fully saturated rings. The van der Waals surface area contributed by atoms with Gasteiger partial charge in [-0.1, -0.05) is 46.4 Å². The van der Waals surface area contributed by atoms with Crippen LogP contribution in [0.3, 0.4) is 0 Å². The lowest BCUT2D eigenvalue weighted by molar-refractivity contribution is -0.139. The first-order valence-corrected chi connectivity index (χ1v) is 12.6. The van der Waals surface area contributed by atoms with Gasteiger partial charge < -0.3 is 9.64 Å². The third-order valence-electron chi connectivity index (χ3n) is 6.33. The van der Waals surface area contributed by atoms with Crippen LogP contribution in [0.2, 0.25) is 20.1 Å². The van der Waals surface area contributed by atoms with Crippen LogP contribution in [0.25, 0.3) is 0 Å². The maximum atomic E-state index is 13.2. The fourth-order valence-electron chi connectivity index (χ4n) is 4.45. The van der Waals surface area contributed by atoms with E-state index in [1.807, 2.05) is 0 Å². The summed E-state index contributed by atoms with van der Waals surface area (Å²) < 4.78 is 18.7. The summed E-state index contributed by atoms with van der Waals surface area (Å²) in [7, 11) is 0. The van der Waals surface area contributed by atoms with Crippen LogP contribution in [-0.2, 0) is 9.59 Å². The average Bonchev–Trinajstić information content (AvgIpc) is 3.39. The van der Waals surface area contributed by atoms with E-state index >= 15 is 0 Å². The van der Waals surface area contributed by atoms with Crippen molar-refractivity contribution in [1.29, 1.82) is 0 Å². The number of ether oxygens (including phenoxy) is 1. The number of halogens is 5. The molecule has 3 amide bonds. The number of rotatable bonds is 4. The molecule has 0 spiro atoms. The number of fused-ring (bicyclic) bond motifs is 1. The molecule has 0 radical (unpaired) electrons. The molecule has 2 aliphatic rings. The molecule has 0 aromatic heterocycles. The number of amides is 3. The van der Waals surface area contributed by atoms with Crippen LogP contribution in [0.15, 0.2) is 42.5 Å². The van der Waals surface area contributed by atoms with E-state index in [1.54, 1.807) is 6.92 Å². The van der Waals surface area contributed by atoms with Crippen molar-refractivity contribution in [2.45, 2.75) is 13.3 Å². The zero-order valence-corrected chi connectivity index (χ0v) is 22.4. The largest absolute Gasteiger partial charge is 0.426 e. The zero-order valence-electron chi connectivity index (χ0n) is 19.4. The Balaban J connectivity index is 1.35. The summed E-state index contributed by atoms with van der Waals surface area (Å²) in [6.45, 7) is 1.71. The summed E-state index contributed by atoms with van der Waals surface area (Å²) in [6.07, 6.45) is -0.0606. The molecular weight excluding hydrogens is 581 g/mol. The molecule has 5 rings (SSSR count). The summed E-state index contributed by atoms with van der Waals surface area (Å²) in [4.78, 5) is 53.8. The van der Waals surface area contributed by atoms with Gasteiger partial charge in [-0.25, -0.2) is 9.29 Å². The quantitative estimate of drug-likeness (QED) is 0.113. The van der Waals surface area contributed by atoms with Crippen molar-refractivity contribution < 1.29 is 28.3 Å². The van der Waals surface area contributed by atoms with Gasteiger partial charge in [0, 0.05) is 18.7 Å². The van der Waals surface area contributed by atoms with E-state index in [2.05, 4.69) is 0 Å². The van der Waals surface area contributed by atoms with Gasteiger partial charge in [0.25, 0.3) is 11.8 Å². The summed E-state index contributed by atoms with van der Waals surface area (Å²) in [6, 6.07) is 9.73. The fraction of sp³-hybridized carbons (Fsp3) is 0.154. The number of nitrogens with zero attached hydrogens (tertiary/aromatic N) is 2. The number of esters is 1. The highest BCUT2D eigenvalue weighted by atomic mass is 35.5. The molecule has 3 aromatic rings. The Morgan fingerprint density at radius 3 is 2.03 bits per heavy atom. The molecule has 38 heavy (non-hydrogen) atoms. The van der Waals surface area contributed by atoms with Crippen LogP contribution in [0, 0.1) is 18.7 Å². The first kappa shape index (κ1) is 26.4. The minimum absolute atomic E-state index is 0.0606. The lowest BCUT2D eigenvalue weighted by Crippen LogP contribution is -2.30. The van der Waals surface area contributed by atoms with E-state index in [0.717, 1.165) is 4.90 Å². The third-order valence-corrected chi connectivity index (χ3v) is 8.13. The summed E-state index contributed by atoms with van der Waals surface area (Å²) in [5.41, 5.74) is 0.833. The van der Waals surface area contributed by atoms with Crippen LogP contribution in [-0.4, -0.2) is 30.2 Å². The lowest BCUT2D eigenvalue weighted by Gasteiger charge is -2.18. The zero-order chi connectivity index (χ0) is 27.5. The van der Waals surface area contributed by atoms with Gasteiger partial charge in [0.2, 0.25) is 5.91 Å². The minimum Gasteiger partial charge on any atom is -0.426 e. The highest BCUT2D eigenvalue weighted by Crippen LogP contribution is 2.46. The molecule has 12 heteroatoms. The molecule has 2 aliphatic heterocycles. The number of hydrogen-bond acceptors (Lipinski definition) is 5. The van der Waals surface area contributed by atoms with E-state index in [-0.39, 0.29) is 61.5 Å². The molecular formula is C26H15Cl4FN2O5. The number of benzene rings is 3. The first-order chi connectivity index (χ1) is 18.0. The molecule has 0 saturated carbocycles. The Morgan fingerprint density at radius 1 is 0.895 bits per heavy atom. The van der Waals surface area contributed by atoms with Crippen LogP contribution in [0.1, 0.15) is 32.7 Å². The standard InChI is InChI=1S/C26H15Cl4FN2O5/c1-11-8-15(38-26(37)12-9-17(34)32(10-12)14-4-2-13(31)3-5-14)6-7-16(11)33-24(35)18-19(25(33)36)21(28)23(30)22(29)20(18)27/h2-8,12H,9-10H2,1H3/t12-/m1/s1. The van der Waals surface area contributed by atoms with Crippen molar-refractivity contribution >= 4 is 81.5 Å². The van der Waals surface area contributed by atoms with Crippen molar-refractivity contribution in [2.75, 3.05) is 16.3 Å². The number of anilines is 2. The third kappa shape index (κ3) is 4.31. The van der Waals surface area contributed by atoms with Gasteiger partial charge in [0.1, 0.15) is 11.6 Å². The highest BCUT2D eigenvalue weighted by molar-refractivity contribution is 6.56. The van der Waals surface area contributed by atoms with Crippen LogP contribution >= 0.6 is 46.4 Å². The number of imide groups is 1. The molecule has 1 atom stereocenters. The topological polar surface area (TPSA) is 84.0 Å². The van der Waals surface area contributed by atoms with Crippen molar-refractivity contribution in [3.8, 4) is 5.75 Å². The number of carbonyl (C=O) groups excluding carboxylic acids is 4. The second-order valence-electron chi connectivity index (χ2n) is 8.70. The maximum Gasteiger partial charge on any atom is 0.316 e. The van der Waals surface area contributed by atoms with Crippen molar-refractivity contribution in [3.63, 3.8) is 0 Å². The van der Waals surface area contributed by atoms with Crippen LogP contribution < -0.4 is 14.5 Å². The first-order valence-electron chi connectivity index (χ1n) is 11.1. The van der Waals surface area contributed by atoms with E-state index in [1.165, 1.54) is 47.4 Å². The number of hydrogen-bond donors (Lipinski definition) is 0. The van der Waals surface area contributed by atoms with Gasteiger partial charge in [-0.15, -0.1) is 0 Å². The van der Waals surface area contributed by atoms with E-state index in [9.17, 15) is 23.6 Å². The van der Waals surface area contributed by atoms with E-state index in [0.29, 0.717) is 11.3 Å². The molecule has 0 N–H and O–H groups in total.